The molecule has 0 aliphatic carbocycles. The first-order chi connectivity index (χ1) is 11.1. The lowest BCUT2D eigenvalue weighted by Gasteiger charge is -2.16. The van der Waals surface area contributed by atoms with Gasteiger partial charge in [0.2, 0.25) is 5.91 Å². The Morgan fingerprint density at radius 1 is 1.39 bits per heavy atom. The fourth-order valence-corrected chi connectivity index (χ4v) is 3.05. The van der Waals surface area contributed by atoms with Gasteiger partial charge in [0.25, 0.3) is 0 Å². The van der Waals surface area contributed by atoms with Gasteiger partial charge in [0.15, 0.2) is 0 Å². The van der Waals surface area contributed by atoms with Crippen LogP contribution in [0, 0.1) is 0 Å². The molecule has 0 radical (unpaired) electrons. The zero-order valence-electron chi connectivity index (χ0n) is 13.0. The van der Waals surface area contributed by atoms with Gasteiger partial charge in [0, 0.05) is 22.1 Å². The molecule has 0 aliphatic rings. The SMILES string of the molecule is COC(=O)C(CCSC)NC(=O)Cn1ccc2c(Cl)cccc21. The number of halogens is 1. The van der Waals surface area contributed by atoms with Crippen LogP contribution in [0.15, 0.2) is 30.5 Å². The summed E-state index contributed by atoms with van der Waals surface area (Å²) in [5.74, 6) is 0.106. The summed E-state index contributed by atoms with van der Waals surface area (Å²) in [5.41, 5.74) is 0.881. The third kappa shape index (κ3) is 4.42. The van der Waals surface area contributed by atoms with Crippen molar-refractivity contribution in [3.8, 4) is 0 Å². The van der Waals surface area contributed by atoms with Crippen molar-refractivity contribution in [1.82, 2.24) is 9.88 Å². The number of hydrogen-bond donors (Lipinski definition) is 1. The monoisotopic (exact) mass is 354 g/mol. The minimum atomic E-state index is -0.620. The van der Waals surface area contributed by atoms with Gasteiger partial charge >= 0.3 is 5.97 Å². The highest BCUT2D eigenvalue weighted by Crippen LogP contribution is 2.24. The standard InChI is InChI=1S/C16H19ClN2O3S/c1-22-16(21)13(7-9-23-2)18-15(20)10-19-8-6-11-12(17)4-3-5-14(11)19/h3-6,8,13H,7,9-10H2,1-2H3,(H,18,20). The Hall–Kier alpha value is -1.66. The number of ether oxygens (including phenoxy) is 1. The van der Waals surface area contributed by atoms with Gasteiger partial charge < -0.3 is 14.6 Å². The maximum absolute atomic E-state index is 12.3. The largest absolute Gasteiger partial charge is 0.467 e. The van der Waals surface area contributed by atoms with Crippen molar-refractivity contribution >= 4 is 46.1 Å². The molecule has 1 aromatic heterocycles. The lowest BCUT2D eigenvalue weighted by Crippen LogP contribution is -2.43. The number of nitrogens with one attached hydrogen (secondary N) is 1. The van der Waals surface area contributed by atoms with E-state index >= 15 is 0 Å². The van der Waals surface area contributed by atoms with Crippen molar-refractivity contribution < 1.29 is 14.3 Å². The molecule has 5 nitrogen and oxygen atoms in total. The molecular formula is C16H19ClN2O3S. The Morgan fingerprint density at radius 3 is 2.87 bits per heavy atom. The lowest BCUT2D eigenvalue weighted by atomic mass is 10.2. The van der Waals surface area contributed by atoms with Gasteiger partial charge in [-0.3, -0.25) is 4.79 Å². The fraction of sp³-hybridized carbons (Fsp3) is 0.375. The molecule has 1 amide bonds. The second kappa shape index (κ2) is 8.26. The summed E-state index contributed by atoms with van der Waals surface area (Å²) in [6.45, 7) is 0.122. The van der Waals surface area contributed by atoms with Crippen LogP contribution in [0.25, 0.3) is 10.9 Å². The van der Waals surface area contributed by atoms with Gasteiger partial charge in [-0.15, -0.1) is 0 Å². The normalized spacial score (nSPS) is 12.1. The van der Waals surface area contributed by atoms with Gasteiger partial charge in [0.1, 0.15) is 12.6 Å². The number of hydrogen-bond acceptors (Lipinski definition) is 4. The van der Waals surface area contributed by atoms with Crippen LogP contribution >= 0.6 is 23.4 Å². The molecule has 1 atom stereocenters. The first kappa shape index (κ1) is 17.7. The number of methoxy groups -OCH3 is 1. The first-order valence-electron chi connectivity index (χ1n) is 7.16. The topological polar surface area (TPSA) is 60.3 Å². The summed E-state index contributed by atoms with van der Waals surface area (Å²) < 4.78 is 6.55. The summed E-state index contributed by atoms with van der Waals surface area (Å²) in [6.07, 6.45) is 4.30. The molecule has 23 heavy (non-hydrogen) atoms. The van der Waals surface area contributed by atoms with E-state index in [0.29, 0.717) is 11.4 Å². The minimum Gasteiger partial charge on any atom is -0.467 e. The summed E-state index contributed by atoms with van der Waals surface area (Å²) >= 11 is 7.75. The zero-order chi connectivity index (χ0) is 16.8. The number of carbonyl (C=O) groups is 2. The third-order valence-corrected chi connectivity index (χ3v) is 4.48. The number of nitrogens with zero attached hydrogens (tertiary/aromatic N) is 1. The molecule has 2 aromatic rings. The number of esters is 1. The Labute approximate surface area is 144 Å². The Morgan fingerprint density at radius 2 is 2.17 bits per heavy atom. The average molecular weight is 355 g/mol. The molecule has 0 saturated heterocycles. The third-order valence-electron chi connectivity index (χ3n) is 3.51. The highest BCUT2D eigenvalue weighted by molar-refractivity contribution is 7.98. The summed E-state index contributed by atoms with van der Waals surface area (Å²) in [7, 11) is 1.32. The lowest BCUT2D eigenvalue weighted by molar-refractivity contribution is -0.145. The molecule has 0 spiro atoms. The number of rotatable bonds is 7. The Balaban J connectivity index is 2.07. The minimum absolute atomic E-state index is 0.122. The maximum atomic E-state index is 12.3. The number of thioether (sulfide) groups is 1. The predicted octanol–water partition coefficient (Wildman–Crippen LogP) is 2.71. The van der Waals surface area contributed by atoms with Crippen molar-refractivity contribution in [1.29, 1.82) is 0 Å². The molecule has 124 valence electrons. The molecule has 0 fully saturated rings. The van der Waals surface area contributed by atoms with E-state index in [2.05, 4.69) is 5.32 Å². The molecule has 1 N–H and O–H groups in total. The molecule has 1 aromatic carbocycles. The van der Waals surface area contributed by atoms with Crippen molar-refractivity contribution in [3.05, 3.63) is 35.5 Å². The number of fused-ring (bicyclic) bond motifs is 1. The molecule has 2 rings (SSSR count). The summed E-state index contributed by atoms with van der Waals surface area (Å²) in [4.78, 5) is 24.0. The van der Waals surface area contributed by atoms with Gasteiger partial charge in [-0.05, 0) is 36.6 Å². The van der Waals surface area contributed by atoms with E-state index in [-0.39, 0.29) is 12.5 Å². The molecule has 0 saturated carbocycles. The molecule has 1 unspecified atom stereocenters. The zero-order valence-corrected chi connectivity index (χ0v) is 14.6. The second-order valence-electron chi connectivity index (χ2n) is 5.04. The number of aromatic nitrogens is 1. The molecule has 1 heterocycles. The van der Waals surface area contributed by atoms with Crippen LogP contribution in [0.5, 0.6) is 0 Å². The highest BCUT2D eigenvalue weighted by atomic mass is 35.5. The number of amides is 1. The Kier molecular flexibility index (Phi) is 6.36. The van der Waals surface area contributed by atoms with E-state index in [0.717, 1.165) is 16.7 Å². The summed E-state index contributed by atoms with van der Waals surface area (Å²) in [5, 5.41) is 4.28. The van der Waals surface area contributed by atoms with Gasteiger partial charge in [0.05, 0.1) is 7.11 Å². The van der Waals surface area contributed by atoms with Crippen LogP contribution in [0.1, 0.15) is 6.42 Å². The fourth-order valence-electron chi connectivity index (χ4n) is 2.35. The molecule has 0 bridgehead atoms. The van der Waals surface area contributed by atoms with E-state index < -0.39 is 12.0 Å². The highest BCUT2D eigenvalue weighted by Gasteiger charge is 2.21. The van der Waals surface area contributed by atoms with Crippen LogP contribution < -0.4 is 5.32 Å². The van der Waals surface area contributed by atoms with E-state index in [1.807, 2.05) is 36.7 Å². The van der Waals surface area contributed by atoms with Crippen molar-refractivity contribution in [2.75, 3.05) is 19.1 Å². The maximum Gasteiger partial charge on any atom is 0.328 e. The Bertz CT molecular complexity index is 702. The number of carbonyl (C=O) groups excluding carboxylic acids is 2. The number of benzene rings is 1. The van der Waals surface area contributed by atoms with Crippen LogP contribution in [-0.2, 0) is 20.9 Å². The van der Waals surface area contributed by atoms with Crippen molar-refractivity contribution in [3.63, 3.8) is 0 Å². The van der Waals surface area contributed by atoms with E-state index in [1.165, 1.54) is 7.11 Å². The molecular weight excluding hydrogens is 336 g/mol. The van der Waals surface area contributed by atoms with Gasteiger partial charge in [-0.25, -0.2) is 4.79 Å². The van der Waals surface area contributed by atoms with Crippen LogP contribution in [0.4, 0.5) is 0 Å². The predicted molar refractivity (Wildman–Crippen MR) is 93.9 cm³/mol. The molecule has 7 heteroatoms. The van der Waals surface area contributed by atoms with E-state index in [4.69, 9.17) is 16.3 Å². The van der Waals surface area contributed by atoms with Crippen LogP contribution in [-0.4, -0.2) is 41.6 Å². The quantitative estimate of drug-likeness (QED) is 0.777. The van der Waals surface area contributed by atoms with Crippen LogP contribution in [0.2, 0.25) is 5.02 Å². The molecule has 0 aliphatic heterocycles. The van der Waals surface area contributed by atoms with Crippen molar-refractivity contribution in [2.24, 2.45) is 0 Å². The summed E-state index contributed by atoms with van der Waals surface area (Å²) in [6, 6.07) is 6.81. The van der Waals surface area contributed by atoms with Crippen molar-refractivity contribution in [2.45, 2.75) is 19.0 Å². The smallest absolute Gasteiger partial charge is 0.328 e. The average Bonchev–Trinajstić information content (AvgIpc) is 2.95. The van der Waals surface area contributed by atoms with E-state index in [1.54, 1.807) is 16.3 Å². The van der Waals surface area contributed by atoms with Gasteiger partial charge in [-0.2, -0.15) is 11.8 Å². The first-order valence-corrected chi connectivity index (χ1v) is 8.93. The van der Waals surface area contributed by atoms with E-state index in [9.17, 15) is 9.59 Å². The van der Waals surface area contributed by atoms with Gasteiger partial charge in [-0.1, -0.05) is 17.7 Å². The second-order valence-corrected chi connectivity index (χ2v) is 6.43. The van der Waals surface area contributed by atoms with Crippen LogP contribution in [0.3, 0.4) is 0 Å².